The van der Waals surface area contributed by atoms with E-state index in [1.165, 1.54) is 0 Å². The van der Waals surface area contributed by atoms with Gasteiger partial charge in [-0.05, 0) is 41.8 Å². The molecule has 0 saturated heterocycles. The van der Waals surface area contributed by atoms with Crippen molar-refractivity contribution in [2.24, 2.45) is 10.2 Å². The van der Waals surface area contributed by atoms with Crippen LogP contribution in [0.15, 0.2) is 101 Å². The second kappa shape index (κ2) is 14.8. The van der Waals surface area contributed by atoms with Gasteiger partial charge in [0.2, 0.25) is 0 Å². The number of fused-ring (bicyclic) bond motifs is 2. The van der Waals surface area contributed by atoms with Crippen LogP contribution in [0.25, 0.3) is 10.8 Å². The van der Waals surface area contributed by atoms with E-state index in [0.717, 1.165) is 16.8 Å². The van der Waals surface area contributed by atoms with Gasteiger partial charge in [-0.25, -0.2) is 0 Å². The molecule has 0 saturated carbocycles. The van der Waals surface area contributed by atoms with E-state index >= 15 is 0 Å². The molecule has 1 heterocycles. The first kappa shape index (κ1) is 29.6. The zero-order valence-electron chi connectivity index (χ0n) is 23.0. The Hall–Kier alpha value is -4.65. The maximum Gasteiger partial charge on any atom is 0.259 e. The molecule has 5 rings (SSSR count). The van der Waals surface area contributed by atoms with Crippen molar-refractivity contribution in [2.45, 2.75) is 41.5 Å². The Morgan fingerprint density at radius 1 is 0.789 bits per heavy atom. The van der Waals surface area contributed by atoms with Crippen LogP contribution in [0.1, 0.15) is 51.9 Å². The van der Waals surface area contributed by atoms with E-state index in [-0.39, 0.29) is 17.0 Å². The average Bonchev–Trinajstić information content (AvgIpc) is 3.35. The average molecular weight is 512 g/mol. The molecular weight excluding hydrogens is 474 g/mol. The molecule has 38 heavy (non-hydrogen) atoms. The number of nitrogens with one attached hydrogen (secondary N) is 3. The summed E-state index contributed by atoms with van der Waals surface area (Å²) in [6.07, 6.45) is 0. The smallest absolute Gasteiger partial charge is 0.259 e. The molecule has 1 aliphatic rings. The number of phenolic OH excluding ortho intramolecular Hbond substituents is 1. The number of rotatable bonds is 4. The molecule has 0 fully saturated rings. The van der Waals surface area contributed by atoms with Crippen molar-refractivity contribution in [1.82, 2.24) is 0 Å². The lowest BCUT2D eigenvalue weighted by molar-refractivity contribution is 0.102. The highest BCUT2D eigenvalue weighted by molar-refractivity contribution is 6.12. The number of nitrogens with zero attached hydrogens (tertiary/aromatic N) is 2. The number of phenols is 1. The molecule has 0 aromatic heterocycles. The van der Waals surface area contributed by atoms with E-state index in [1.807, 2.05) is 102 Å². The summed E-state index contributed by atoms with van der Waals surface area (Å²) in [6, 6.07) is 23.7. The van der Waals surface area contributed by atoms with Gasteiger partial charge in [-0.3, -0.25) is 4.79 Å². The Labute approximate surface area is 225 Å². The summed E-state index contributed by atoms with van der Waals surface area (Å²) in [7, 11) is 0. The third-order valence-corrected chi connectivity index (χ3v) is 5.11. The molecule has 4 aromatic rings. The number of amides is 1. The fourth-order valence-corrected chi connectivity index (χ4v) is 3.58. The van der Waals surface area contributed by atoms with Crippen molar-refractivity contribution >= 4 is 45.1 Å². The Balaban J connectivity index is 0.000000791. The van der Waals surface area contributed by atoms with Crippen molar-refractivity contribution in [3.8, 4) is 5.75 Å². The van der Waals surface area contributed by atoms with E-state index in [2.05, 4.69) is 32.8 Å². The van der Waals surface area contributed by atoms with Crippen LogP contribution >= 0.6 is 0 Å². The SMILES string of the molecule is C=C1Nc2ccc(NC(=O)c3cc4ccccc4c(N=Nc4ccccc4)c3O)cc2N1.CC.CC.CC. The Bertz CT molecular complexity index is 1400. The number of carbonyl (C=O) groups is 1. The van der Waals surface area contributed by atoms with Crippen molar-refractivity contribution in [1.29, 1.82) is 0 Å². The van der Waals surface area contributed by atoms with E-state index in [0.29, 0.717) is 22.6 Å². The molecule has 0 radical (unpaired) electrons. The topological polar surface area (TPSA) is 98.1 Å². The van der Waals surface area contributed by atoms with Gasteiger partial charge in [0.1, 0.15) is 11.5 Å². The molecule has 0 spiro atoms. The van der Waals surface area contributed by atoms with Crippen molar-refractivity contribution in [2.75, 3.05) is 16.0 Å². The van der Waals surface area contributed by atoms with Crippen LogP contribution in [-0.2, 0) is 0 Å². The number of hydrogen-bond acceptors (Lipinski definition) is 6. The summed E-state index contributed by atoms with van der Waals surface area (Å²) in [5, 5.41) is 30.0. The lowest BCUT2D eigenvalue weighted by atomic mass is 10.0. The normalized spacial score (nSPS) is 10.9. The minimum absolute atomic E-state index is 0.113. The molecule has 7 heteroatoms. The van der Waals surface area contributed by atoms with Gasteiger partial charge in [0.25, 0.3) is 5.91 Å². The largest absolute Gasteiger partial charge is 0.505 e. The molecule has 0 bridgehead atoms. The van der Waals surface area contributed by atoms with Crippen LogP contribution in [0.3, 0.4) is 0 Å². The number of hydrogen-bond donors (Lipinski definition) is 4. The minimum Gasteiger partial charge on any atom is -0.505 e. The first-order valence-corrected chi connectivity index (χ1v) is 13.0. The van der Waals surface area contributed by atoms with Gasteiger partial charge in [0.05, 0.1) is 22.6 Å². The van der Waals surface area contributed by atoms with Crippen LogP contribution in [0, 0.1) is 0 Å². The van der Waals surface area contributed by atoms with Crippen LogP contribution in [0.4, 0.5) is 28.4 Å². The van der Waals surface area contributed by atoms with E-state index in [4.69, 9.17) is 0 Å². The fraction of sp³-hybridized carbons (Fsp3) is 0.194. The second-order valence-corrected chi connectivity index (χ2v) is 7.32. The van der Waals surface area contributed by atoms with E-state index in [1.54, 1.807) is 18.2 Å². The Morgan fingerprint density at radius 3 is 2.13 bits per heavy atom. The lowest BCUT2D eigenvalue weighted by Gasteiger charge is -2.11. The quantitative estimate of drug-likeness (QED) is 0.205. The summed E-state index contributed by atoms with van der Waals surface area (Å²) in [5.74, 6) is -0.00609. The number of azo groups is 1. The highest BCUT2D eigenvalue weighted by Crippen LogP contribution is 2.40. The van der Waals surface area contributed by atoms with Gasteiger partial charge in [0.15, 0.2) is 5.75 Å². The van der Waals surface area contributed by atoms with Gasteiger partial charge in [0, 0.05) is 11.1 Å². The maximum absolute atomic E-state index is 13.1. The van der Waals surface area contributed by atoms with E-state index in [9.17, 15) is 9.90 Å². The predicted molar refractivity (Wildman–Crippen MR) is 161 cm³/mol. The molecule has 1 amide bonds. The van der Waals surface area contributed by atoms with Crippen LogP contribution < -0.4 is 16.0 Å². The number of aromatic hydroxyl groups is 1. The molecular formula is C31H37N5O2. The van der Waals surface area contributed by atoms with Gasteiger partial charge in [-0.15, -0.1) is 5.11 Å². The lowest BCUT2D eigenvalue weighted by Crippen LogP contribution is -2.12. The summed E-state index contributed by atoms with van der Waals surface area (Å²) in [5.41, 5.74) is 3.28. The number of anilines is 3. The van der Waals surface area contributed by atoms with Crippen LogP contribution in [0.5, 0.6) is 5.75 Å². The zero-order chi connectivity index (χ0) is 28.1. The van der Waals surface area contributed by atoms with Crippen molar-refractivity contribution in [3.05, 3.63) is 96.8 Å². The Morgan fingerprint density at radius 2 is 1.42 bits per heavy atom. The highest BCUT2D eigenvalue weighted by atomic mass is 16.3. The van der Waals surface area contributed by atoms with Crippen molar-refractivity contribution in [3.63, 3.8) is 0 Å². The first-order chi connectivity index (χ1) is 18.6. The zero-order valence-corrected chi connectivity index (χ0v) is 23.0. The number of benzene rings is 4. The fourth-order valence-electron chi connectivity index (χ4n) is 3.58. The van der Waals surface area contributed by atoms with E-state index < -0.39 is 5.91 Å². The molecule has 0 atom stereocenters. The summed E-state index contributed by atoms with van der Waals surface area (Å²) in [4.78, 5) is 13.1. The molecule has 4 aromatic carbocycles. The second-order valence-electron chi connectivity index (χ2n) is 7.32. The van der Waals surface area contributed by atoms with Crippen LogP contribution in [0.2, 0.25) is 0 Å². The molecule has 4 N–H and O–H groups in total. The first-order valence-electron chi connectivity index (χ1n) is 13.0. The minimum atomic E-state index is -0.450. The highest BCUT2D eigenvalue weighted by Gasteiger charge is 2.19. The molecule has 0 aliphatic carbocycles. The summed E-state index contributed by atoms with van der Waals surface area (Å²) < 4.78 is 0. The molecule has 7 nitrogen and oxygen atoms in total. The van der Waals surface area contributed by atoms with Crippen molar-refractivity contribution < 1.29 is 9.90 Å². The van der Waals surface area contributed by atoms with Gasteiger partial charge in [-0.1, -0.05) is 90.6 Å². The third kappa shape index (κ3) is 6.97. The summed E-state index contributed by atoms with van der Waals surface area (Å²) in [6.45, 7) is 15.8. The third-order valence-electron chi connectivity index (χ3n) is 5.11. The standard InChI is InChI=1S/C25H19N5O2.3C2H6/c1-15-26-21-12-11-18(14-22(21)27-15)28-25(32)20-13-16-7-5-6-10-19(16)23(24(20)31)30-29-17-8-3-2-4-9-17;3*1-2/h2-14,26-27,31H,1H2,(H,28,32);3*1-2H3. The summed E-state index contributed by atoms with van der Waals surface area (Å²) >= 11 is 0. The molecule has 198 valence electrons. The monoisotopic (exact) mass is 511 g/mol. The predicted octanol–water partition coefficient (Wildman–Crippen LogP) is 9.60. The van der Waals surface area contributed by atoms with Crippen LogP contribution in [-0.4, -0.2) is 11.0 Å². The van der Waals surface area contributed by atoms with Gasteiger partial charge < -0.3 is 21.1 Å². The maximum atomic E-state index is 13.1. The molecule has 1 aliphatic heterocycles. The van der Waals surface area contributed by atoms with Gasteiger partial charge in [-0.2, -0.15) is 5.11 Å². The number of carbonyl (C=O) groups excluding carboxylic acids is 1. The van der Waals surface area contributed by atoms with Gasteiger partial charge >= 0.3 is 0 Å². The Kier molecular flexibility index (Phi) is 11.5. The molecule has 0 unspecified atom stereocenters.